The van der Waals surface area contributed by atoms with Gasteiger partial charge in [-0.2, -0.15) is 0 Å². The lowest BCUT2D eigenvalue weighted by molar-refractivity contribution is -0.384. The van der Waals surface area contributed by atoms with Crippen LogP contribution in [0.25, 0.3) is 0 Å². The Labute approximate surface area is 195 Å². The van der Waals surface area contributed by atoms with Crippen LogP contribution in [0.1, 0.15) is 32.3 Å². The molecular weight excluding hydrogens is 448 g/mol. The molecule has 1 N–H and O–H groups in total. The number of non-ortho nitro benzene ring substituents is 1. The molecule has 0 amide bonds. The van der Waals surface area contributed by atoms with E-state index in [1.807, 2.05) is 0 Å². The Morgan fingerprint density at radius 1 is 1.27 bits per heavy atom. The molecule has 0 radical (unpaired) electrons. The summed E-state index contributed by atoms with van der Waals surface area (Å²) in [7, 11) is 0. The fourth-order valence-electron chi connectivity index (χ4n) is 3.83. The quantitative estimate of drug-likeness (QED) is 0.345. The molecule has 0 fully saturated rings. The van der Waals surface area contributed by atoms with Crippen LogP contribution in [0, 0.1) is 16.0 Å². The van der Waals surface area contributed by atoms with Crippen LogP contribution in [0.4, 0.5) is 5.69 Å². The molecule has 11 heteroatoms. The first-order valence-electron chi connectivity index (χ1n) is 10.6. The summed E-state index contributed by atoms with van der Waals surface area (Å²) in [5, 5.41) is 15.3. The largest absolute Gasteiger partial charge is 0.465 e. The summed E-state index contributed by atoms with van der Waals surface area (Å²) in [6.45, 7) is 6.78. The third-order valence-corrected chi connectivity index (χ3v) is 6.15. The molecule has 0 bridgehead atoms. The Morgan fingerprint density at radius 3 is 2.67 bits per heavy atom. The average Bonchev–Trinajstić information content (AvgIpc) is 3.31. The van der Waals surface area contributed by atoms with Gasteiger partial charge in [0.2, 0.25) is 0 Å². The van der Waals surface area contributed by atoms with Gasteiger partial charge in [-0.05, 0) is 26.3 Å². The number of nitrogens with one attached hydrogen (secondary N) is 1. The van der Waals surface area contributed by atoms with Crippen molar-refractivity contribution >= 4 is 40.3 Å². The number of hydrogen-bond acceptors (Lipinski definition) is 10. The first kappa shape index (κ1) is 24.4. The van der Waals surface area contributed by atoms with Gasteiger partial charge in [0, 0.05) is 36.1 Å². The summed E-state index contributed by atoms with van der Waals surface area (Å²) in [5.41, 5.74) is 1.42. The molecule has 0 aromatic heterocycles. The molecular formula is C22H26N4O6S. The van der Waals surface area contributed by atoms with E-state index in [0.717, 1.165) is 11.7 Å². The molecule has 2 unspecified atom stereocenters. The summed E-state index contributed by atoms with van der Waals surface area (Å²) >= 11 is 1.40. The van der Waals surface area contributed by atoms with Crippen molar-refractivity contribution in [2.75, 3.05) is 32.1 Å². The molecule has 1 aromatic carbocycles. The van der Waals surface area contributed by atoms with E-state index in [1.54, 1.807) is 26.8 Å². The lowest BCUT2D eigenvalue weighted by Gasteiger charge is -2.32. The van der Waals surface area contributed by atoms with E-state index in [1.165, 1.54) is 30.0 Å². The predicted octanol–water partition coefficient (Wildman–Crippen LogP) is 2.84. The molecule has 2 atom stereocenters. The Kier molecular flexibility index (Phi) is 8.21. The fraction of sp³-hybridized carbons (Fsp3) is 0.455. The van der Waals surface area contributed by atoms with E-state index >= 15 is 0 Å². The number of esters is 2. The summed E-state index contributed by atoms with van der Waals surface area (Å²) in [4.78, 5) is 46.0. The first-order valence-corrected chi connectivity index (χ1v) is 11.6. The zero-order chi connectivity index (χ0) is 24.0. The third kappa shape index (κ3) is 5.59. The van der Waals surface area contributed by atoms with Gasteiger partial charge < -0.3 is 14.8 Å². The maximum atomic E-state index is 13.1. The number of ether oxygens (including phenoxy) is 2. The monoisotopic (exact) mass is 474 g/mol. The highest BCUT2D eigenvalue weighted by Gasteiger charge is 2.43. The van der Waals surface area contributed by atoms with Crippen molar-refractivity contribution < 1.29 is 24.0 Å². The summed E-state index contributed by atoms with van der Waals surface area (Å²) in [6, 6.07) is 5.93. The van der Waals surface area contributed by atoms with Crippen molar-refractivity contribution in [1.29, 1.82) is 0 Å². The van der Waals surface area contributed by atoms with Gasteiger partial charge in [-0.1, -0.05) is 23.9 Å². The van der Waals surface area contributed by atoms with E-state index in [-0.39, 0.29) is 24.5 Å². The van der Waals surface area contributed by atoms with E-state index in [4.69, 9.17) is 9.47 Å². The van der Waals surface area contributed by atoms with Gasteiger partial charge in [0.15, 0.2) is 5.17 Å². The third-order valence-electron chi connectivity index (χ3n) is 5.18. The van der Waals surface area contributed by atoms with Crippen LogP contribution < -0.4 is 5.32 Å². The Balaban J connectivity index is 2.15. The second kappa shape index (κ2) is 11.1. The molecule has 33 heavy (non-hydrogen) atoms. The zero-order valence-corrected chi connectivity index (χ0v) is 19.5. The Hall–Kier alpha value is -3.21. The molecule has 0 saturated heterocycles. The molecule has 2 aliphatic heterocycles. The number of carbonyl (C=O) groups excluding carboxylic acids is 2. The average molecular weight is 475 g/mol. The second-order valence-corrected chi connectivity index (χ2v) is 8.26. The van der Waals surface area contributed by atoms with Crippen molar-refractivity contribution in [1.82, 2.24) is 5.32 Å². The normalized spacial score (nSPS) is 20.0. The second-order valence-electron chi connectivity index (χ2n) is 7.30. The van der Waals surface area contributed by atoms with Gasteiger partial charge in [0.1, 0.15) is 5.92 Å². The van der Waals surface area contributed by atoms with Gasteiger partial charge in [-0.15, -0.1) is 0 Å². The summed E-state index contributed by atoms with van der Waals surface area (Å²) < 4.78 is 10.6. The number of nitro groups is 1. The topological polar surface area (TPSA) is 132 Å². The van der Waals surface area contributed by atoms with Crippen LogP contribution in [0.3, 0.4) is 0 Å². The Bertz CT molecular complexity index is 1040. The highest BCUT2D eigenvalue weighted by Crippen LogP contribution is 2.41. The van der Waals surface area contributed by atoms with Crippen LogP contribution in [-0.2, 0) is 19.1 Å². The predicted molar refractivity (Wildman–Crippen MR) is 125 cm³/mol. The molecule has 0 saturated carbocycles. The maximum Gasteiger partial charge on any atom is 0.336 e. The van der Waals surface area contributed by atoms with E-state index < -0.39 is 28.7 Å². The molecule has 10 nitrogen and oxygen atoms in total. The van der Waals surface area contributed by atoms with Crippen molar-refractivity contribution in [2.24, 2.45) is 15.9 Å². The lowest BCUT2D eigenvalue weighted by Crippen LogP contribution is -2.37. The van der Waals surface area contributed by atoms with Crippen LogP contribution in [-0.4, -0.2) is 59.8 Å². The van der Waals surface area contributed by atoms with Crippen molar-refractivity contribution in [3.8, 4) is 0 Å². The highest BCUT2D eigenvalue weighted by atomic mass is 32.2. The minimum absolute atomic E-state index is 0.130. The lowest BCUT2D eigenvalue weighted by atomic mass is 9.75. The number of aliphatic imine (C=N–C) groups is 2. The number of benzene rings is 1. The number of carbonyl (C=O) groups is 2. The number of nitro benzene ring substituents is 1. The maximum absolute atomic E-state index is 13.1. The molecule has 0 aliphatic carbocycles. The fourth-order valence-corrected chi connectivity index (χ4v) is 4.71. The number of amidine groups is 1. The zero-order valence-electron chi connectivity index (χ0n) is 18.7. The van der Waals surface area contributed by atoms with Gasteiger partial charge in [0.25, 0.3) is 5.69 Å². The summed E-state index contributed by atoms with van der Waals surface area (Å²) in [6.07, 6.45) is 0. The smallest absolute Gasteiger partial charge is 0.336 e. The van der Waals surface area contributed by atoms with E-state index in [0.29, 0.717) is 29.3 Å². The highest BCUT2D eigenvalue weighted by molar-refractivity contribution is 8.14. The molecule has 2 heterocycles. The SMILES string of the molecule is CCOC(=O)C1=C(CSC2=NCCN2)N=C(C)C(C(=O)OCC)C1c1cccc([N+](=O)[O-])c1. The minimum Gasteiger partial charge on any atom is -0.465 e. The van der Waals surface area contributed by atoms with Gasteiger partial charge in [-0.25, -0.2) is 4.79 Å². The summed E-state index contributed by atoms with van der Waals surface area (Å²) in [5.74, 6) is -2.60. The molecule has 176 valence electrons. The van der Waals surface area contributed by atoms with Crippen molar-refractivity contribution in [2.45, 2.75) is 26.7 Å². The molecule has 2 aliphatic rings. The molecule has 3 rings (SSSR count). The van der Waals surface area contributed by atoms with Crippen molar-refractivity contribution in [3.05, 3.63) is 51.2 Å². The van der Waals surface area contributed by atoms with Crippen LogP contribution in [0.2, 0.25) is 0 Å². The van der Waals surface area contributed by atoms with Gasteiger partial charge in [0.05, 0.1) is 36.0 Å². The number of thioether (sulfide) groups is 1. The first-order chi connectivity index (χ1) is 15.9. The molecule has 1 aromatic rings. The molecule has 0 spiro atoms. The van der Waals surface area contributed by atoms with Gasteiger partial charge in [-0.3, -0.25) is 24.9 Å². The van der Waals surface area contributed by atoms with Crippen LogP contribution in [0.15, 0.2) is 45.5 Å². The standard InChI is InChI=1S/C22H26N4O6S/c1-4-31-20(27)17-13(3)25-16(12-33-22-23-9-10-24-22)19(21(28)32-5-2)18(17)14-7-6-8-15(11-14)26(29)30/h6-8,11,17-18H,4-5,9-10,12H2,1-3H3,(H,23,24). The van der Waals surface area contributed by atoms with Crippen LogP contribution >= 0.6 is 11.8 Å². The number of rotatable bonds is 8. The van der Waals surface area contributed by atoms with Crippen LogP contribution in [0.5, 0.6) is 0 Å². The Morgan fingerprint density at radius 2 is 2.03 bits per heavy atom. The minimum atomic E-state index is -0.915. The number of hydrogen-bond donors (Lipinski definition) is 1. The van der Waals surface area contributed by atoms with Crippen molar-refractivity contribution in [3.63, 3.8) is 0 Å². The van der Waals surface area contributed by atoms with E-state index in [2.05, 4.69) is 15.3 Å². The van der Waals surface area contributed by atoms with E-state index in [9.17, 15) is 19.7 Å². The van der Waals surface area contributed by atoms with Gasteiger partial charge >= 0.3 is 11.9 Å². The number of nitrogens with zero attached hydrogens (tertiary/aromatic N) is 3.